The van der Waals surface area contributed by atoms with E-state index in [-0.39, 0.29) is 25.4 Å². The SMILES string of the molecule is CS(=O)(=O)Nc1ccc(-c2ccc(C(C/C(=C\F)CN)n3cn[nH]c3=O)s2)cc1.Cl. The molecule has 0 bridgehead atoms. The molecule has 1 unspecified atom stereocenters. The van der Waals surface area contributed by atoms with Gasteiger partial charge in [0, 0.05) is 22.0 Å². The maximum absolute atomic E-state index is 13.1. The van der Waals surface area contributed by atoms with E-state index < -0.39 is 21.8 Å². The van der Waals surface area contributed by atoms with Crippen LogP contribution in [0.5, 0.6) is 0 Å². The Morgan fingerprint density at radius 3 is 2.57 bits per heavy atom. The Balaban J connectivity index is 0.00000320. The predicted octanol–water partition coefficient (Wildman–Crippen LogP) is 2.88. The number of nitrogens with one attached hydrogen (secondary N) is 2. The highest BCUT2D eigenvalue weighted by atomic mass is 35.5. The van der Waals surface area contributed by atoms with Crippen molar-refractivity contribution >= 4 is 39.5 Å². The summed E-state index contributed by atoms with van der Waals surface area (Å²) in [5.41, 5.74) is 6.94. The molecule has 4 N–H and O–H groups in total. The molecule has 0 aliphatic heterocycles. The third kappa shape index (κ3) is 5.79. The summed E-state index contributed by atoms with van der Waals surface area (Å²) in [7, 11) is -3.34. The van der Waals surface area contributed by atoms with Crippen LogP contribution in [0, 0.1) is 0 Å². The number of benzene rings is 1. The molecule has 0 saturated carbocycles. The molecule has 0 amide bonds. The Morgan fingerprint density at radius 2 is 2.03 bits per heavy atom. The van der Waals surface area contributed by atoms with Crippen LogP contribution in [-0.2, 0) is 10.0 Å². The van der Waals surface area contributed by atoms with Crippen molar-refractivity contribution in [2.24, 2.45) is 5.73 Å². The molecule has 12 heteroatoms. The number of rotatable bonds is 8. The third-order valence-corrected chi connectivity index (χ3v) is 6.05. The maximum Gasteiger partial charge on any atom is 0.343 e. The van der Waals surface area contributed by atoms with Crippen LogP contribution in [-0.4, -0.2) is 36.0 Å². The lowest BCUT2D eigenvalue weighted by atomic mass is 10.1. The van der Waals surface area contributed by atoms with E-state index >= 15 is 0 Å². The minimum Gasteiger partial charge on any atom is -0.327 e. The van der Waals surface area contributed by atoms with Gasteiger partial charge in [-0.1, -0.05) is 12.1 Å². The molecule has 1 atom stereocenters. The first-order chi connectivity index (χ1) is 13.8. The summed E-state index contributed by atoms with van der Waals surface area (Å²) in [6.45, 7) is 0.0482. The van der Waals surface area contributed by atoms with Crippen molar-refractivity contribution in [3.05, 3.63) is 70.0 Å². The Kier molecular flexibility index (Phi) is 7.96. The molecule has 162 valence electrons. The molecule has 30 heavy (non-hydrogen) atoms. The van der Waals surface area contributed by atoms with Crippen LogP contribution >= 0.6 is 23.7 Å². The summed E-state index contributed by atoms with van der Waals surface area (Å²) < 4.78 is 39.6. The number of anilines is 1. The van der Waals surface area contributed by atoms with E-state index in [2.05, 4.69) is 14.9 Å². The minimum atomic E-state index is -3.34. The Bertz CT molecular complexity index is 1170. The lowest BCUT2D eigenvalue weighted by molar-refractivity contribution is 0.556. The number of H-pyrrole nitrogens is 1. The second-order valence-corrected chi connectivity index (χ2v) is 9.28. The Morgan fingerprint density at radius 1 is 1.33 bits per heavy atom. The Labute approximate surface area is 183 Å². The molecule has 3 aromatic rings. The molecule has 0 fully saturated rings. The second-order valence-electron chi connectivity index (χ2n) is 6.41. The smallest absolute Gasteiger partial charge is 0.327 e. The average molecular weight is 474 g/mol. The highest BCUT2D eigenvalue weighted by molar-refractivity contribution is 7.92. The van der Waals surface area contributed by atoms with E-state index in [4.69, 9.17) is 5.73 Å². The predicted molar refractivity (Wildman–Crippen MR) is 119 cm³/mol. The van der Waals surface area contributed by atoms with Crippen molar-refractivity contribution in [1.29, 1.82) is 0 Å². The summed E-state index contributed by atoms with van der Waals surface area (Å²) in [5.74, 6) is 0. The molecular weight excluding hydrogens is 453 g/mol. The summed E-state index contributed by atoms with van der Waals surface area (Å²) in [6.07, 6.45) is 3.18. The standard InChI is InChI=1S/C18H20FN5O3S2.ClH/c1-29(26,27)23-14-4-2-13(3-5-14)16-6-7-17(28-16)15(8-12(9-19)10-20)24-11-21-22-18(24)25;/h2-7,9,11,15,23H,8,10,20H2,1H3,(H,22,25);1H/b12-9+;. The summed E-state index contributed by atoms with van der Waals surface area (Å²) in [4.78, 5) is 13.8. The fraction of sp³-hybridized carbons (Fsp3) is 0.222. The molecule has 0 aliphatic rings. The number of hydrogen-bond donors (Lipinski definition) is 3. The van der Waals surface area contributed by atoms with Gasteiger partial charge in [-0.25, -0.2) is 22.7 Å². The number of nitrogens with two attached hydrogens (primary N) is 1. The van der Waals surface area contributed by atoms with E-state index in [1.54, 1.807) is 24.3 Å². The van der Waals surface area contributed by atoms with Crippen LogP contribution < -0.4 is 16.1 Å². The Hall–Kier alpha value is -2.47. The number of aromatic nitrogens is 3. The average Bonchev–Trinajstić information content (AvgIpc) is 3.32. The molecular formula is C18H21ClFN5O3S2. The maximum atomic E-state index is 13.1. The van der Waals surface area contributed by atoms with Crippen molar-refractivity contribution in [2.45, 2.75) is 12.5 Å². The largest absolute Gasteiger partial charge is 0.343 e. The molecule has 0 spiro atoms. The molecule has 3 rings (SSSR count). The quantitative estimate of drug-likeness (QED) is 0.464. The van der Waals surface area contributed by atoms with Crippen LogP contribution in [0.25, 0.3) is 10.4 Å². The fourth-order valence-corrected chi connectivity index (χ4v) is 4.52. The zero-order chi connectivity index (χ0) is 21.0. The molecule has 1 aromatic carbocycles. The van der Waals surface area contributed by atoms with Gasteiger partial charge in [0.2, 0.25) is 10.0 Å². The summed E-state index contributed by atoms with van der Waals surface area (Å²) in [5, 5.41) is 6.11. The molecule has 0 radical (unpaired) electrons. The lowest BCUT2D eigenvalue weighted by Gasteiger charge is -2.16. The van der Waals surface area contributed by atoms with Gasteiger partial charge in [-0.3, -0.25) is 9.29 Å². The van der Waals surface area contributed by atoms with Gasteiger partial charge in [-0.2, -0.15) is 5.10 Å². The summed E-state index contributed by atoms with van der Waals surface area (Å²) >= 11 is 1.45. The number of sulfonamides is 1. The number of nitrogens with zero attached hydrogens (tertiary/aromatic N) is 2. The summed E-state index contributed by atoms with van der Waals surface area (Å²) in [6, 6.07) is 10.3. The van der Waals surface area contributed by atoms with Crippen molar-refractivity contribution in [2.75, 3.05) is 17.5 Å². The first-order valence-corrected chi connectivity index (χ1v) is 11.3. The number of thiophene rings is 1. The van der Waals surface area contributed by atoms with Crippen molar-refractivity contribution < 1.29 is 12.8 Å². The van der Waals surface area contributed by atoms with Gasteiger partial charge in [-0.05, 0) is 41.8 Å². The van der Waals surface area contributed by atoms with Crippen LogP contribution in [0.3, 0.4) is 0 Å². The van der Waals surface area contributed by atoms with Gasteiger partial charge in [0.1, 0.15) is 6.33 Å². The van der Waals surface area contributed by atoms with Crippen LogP contribution in [0.1, 0.15) is 17.3 Å². The van der Waals surface area contributed by atoms with Crippen molar-refractivity contribution in [3.63, 3.8) is 0 Å². The third-order valence-electron chi connectivity index (χ3n) is 4.21. The zero-order valence-corrected chi connectivity index (χ0v) is 18.4. The van der Waals surface area contributed by atoms with Gasteiger partial charge < -0.3 is 5.73 Å². The van der Waals surface area contributed by atoms with Crippen LogP contribution in [0.15, 0.2) is 59.4 Å². The number of hydrogen-bond acceptors (Lipinski definition) is 6. The molecule has 0 aliphatic carbocycles. The first kappa shape index (κ1) is 23.8. The van der Waals surface area contributed by atoms with Gasteiger partial charge in [0.25, 0.3) is 0 Å². The molecule has 0 saturated heterocycles. The second kappa shape index (κ2) is 10.0. The lowest BCUT2D eigenvalue weighted by Crippen LogP contribution is -2.23. The zero-order valence-electron chi connectivity index (χ0n) is 15.9. The van der Waals surface area contributed by atoms with Gasteiger partial charge in [0.15, 0.2) is 0 Å². The normalized spacial score (nSPS) is 13.0. The molecule has 2 heterocycles. The van der Waals surface area contributed by atoms with E-state index in [9.17, 15) is 17.6 Å². The van der Waals surface area contributed by atoms with E-state index in [0.29, 0.717) is 17.6 Å². The molecule has 2 aromatic heterocycles. The number of halogens is 2. The van der Waals surface area contributed by atoms with E-state index in [1.807, 2.05) is 12.1 Å². The van der Waals surface area contributed by atoms with Gasteiger partial charge in [-0.15, -0.1) is 23.7 Å². The van der Waals surface area contributed by atoms with E-state index in [0.717, 1.165) is 21.6 Å². The van der Waals surface area contributed by atoms with Gasteiger partial charge in [0.05, 0.1) is 18.6 Å². The van der Waals surface area contributed by atoms with E-state index in [1.165, 1.54) is 22.2 Å². The minimum absolute atomic E-state index is 0. The van der Waals surface area contributed by atoms with Crippen molar-refractivity contribution in [3.8, 4) is 10.4 Å². The van der Waals surface area contributed by atoms with Crippen molar-refractivity contribution in [1.82, 2.24) is 14.8 Å². The van der Waals surface area contributed by atoms with Gasteiger partial charge >= 0.3 is 5.69 Å². The highest BCUT2D eigenvalue weighted by Crippen LogP contribution is 2.35. The van der Waals surface area contributed by atoms with Crippen LogP contribution in [0.4, 0.5) is 10.1 Å². The number of aromatic amines is 1. The monoisotopic (exact) mass is 473 g/mol. The topological polar surface area (TPSA) is 123 Å². The first-order valence-electron chi connectivity index (χ1n) is 8.58. The molecule has 8 nitrogen and oxygen atoms in total. The van der Waals surface area contributed by atoms with Crippen LogP contribution in [0.2, 0.25) is 0 Å². The highest BCUT2D eigenvalue weighted by Gasteiger charge is 2.20. The fourth-order valence-electron chi connectivity index (χ4n) is 2.84.